The summed E-state index contributed by atoms with van der Waals surface area (Å²) in [4.78, 5) is 12.4. The van der Waals surface area contributed by atoms with Crippen LogP contribution in [0, 0.1) is 11.6 Å². The Hall–Kier alpha value is -2.73. The number of rotatable bonds is 7. The molecule has 0 aliphatic carbocycles. The first-order valence-electron chi connectivity index (χ1n) is 8.05. The number of hydrogen-bond acceptors (Lipinski definition) is 5. The van der Waals surface area contributed by atoms with E-state index in [1.807, 2.05) is 0 Å². The number of halogens is 2. The van der Waals surface area contributed by atoms with Crippen LogP contribution >= 0.6 is 0 Å². The number of carbonyl (C=O) groups is 1. The molecule has 158 valence electrons. The van der Waals surface area contributed by atoms with Crippen molar-refractivity contribution < 1.29 is 30.4 Å². The molecular formula is C17H19F2N3O5S2. The smallest absolute Gasteiger partial charge is 0.245 e. The molecule has 0 fully saturated rings. The molecule has 1 N–H and O–H groups in total. The van der Waals surface area contributed by atoms with Crippen LogP contribution in [0.1, 0.15) is 0 Å². The standard InChI is InChI=1S/C17H19F2N3O5S2/c1-21(28(2,24)25)13-6-4-5-12(9-13)20-17(23)11-22(29(3,26)27)14-7-8-15(18)16(19)10-14/h4-10H,11H2,1-3H3,(H,20,23). The number of benzene rings is 2. The fourth-order valence-electron chi connectivity index (χ4n) is 2.34. The normalized spacial score (nSPS) is 11.8. The monoisotopic (exact) mass is 447 g/mol. The second-order valence-electron chi connectivity index (χ2n) is 6.20. The van der Waals surface area contributed by atoms with Crippen molar-refractivity contribution in [3.63, 3.8) is 0 Å². The van der Waals surface area contributed by atoms with Crippen molar-refractivity contribution >= 4 is 43.0 Å². The van der Waals surface area contributed by atoms with Crippen LogP contribution in [0.15, 0.2) is 42.5 Å². The molecule has 0 aromatic heterocycles. The van der Waals surface area contributed by atoms with Crippen LogP contribution in [0.3, 0.4) is 0 Å². The van der Waals surface area contributed by atoms with Gasteiger partial charge in [0.25, 0.3) is 0 Å². The molecule has 2 rings (SSSR count). The molecule has 0 spiro atoms. The van der Waals surface area contributed by atoms with Crippen LogP contribution in [-0.2, 0) is 24.8 Å². The third-order valence-corrected chi connectivity index (χ3v) is 6.22. The summed E-state index contributed by atoms with van der Waals surface area (Å²) < 4.78 is 75.6. The average Bonchev–Trinajstić information content (AvgIpc) is 2.60. The summed E-state index contributed by atoms with van der Waals surface area (Å²) in [5.74, 6) is -3.18. The predicted molar refractivity (Wildman–Crippen MR) is 107 cm³/mol. The molecule has 0 aliphatic rings. The van der Waals surface area contributed by atoms with Gasteiger partial charge in [0, 0.05) is 18.8 Å². The van der Waals surface area contributed by atoms with E-state index in [9.17, 15) is 30.4 Å². The number of nitrogens with zero attached hydrogens (tertiary/aromatic N) is 2. The summed E-state index contributed by atoms with van der Waals surface area (Å²) in [5.41, 5.74) is 0.291. The van der Waals surface area contributed by atoms with Gasteiger partial charge in [-0.2, -0.15) is 0 Å². The average molecular weight is 447 g/mol. The van der Waals surface area contributed by atoms with Gasteiger partial charge in [0.15, 0.2) is 11.6 Å². The minimum atomic E-state index is -3.98. The molecule has 0 unspecified atom stereocenters. The van der Waals surface area contributed by atoms with E-state index in [2.05, 4.69) is 5.32 Å². The van der Waals surface area contributed by atoms with Crippen molar-refractivity contribution in [2.24, 2.45) is 0 Å². The summed E-state index contributed by atoms with van der Waals surface area (Å²) in [6, 6.07) is 8.36. The minimum Gasteiger partial charge on any atom is -0.324 e. The lowest BCUT2D eigenvalue weighted by Gasteiger charge is -2.22. The molecule has 0 aliphatic heterocycles. The Balaban J connectivity index is 2.24. The molecule has 29 heavy (non-hydrogen) atoms. The first-order valence-corrected chi connectivity index (χ1v) is 11.8. The quantitative estimate of drug-likeness (QED) is 0.697. The maximum atomic E-state index is 13.5. The Labute approximate surface area is 167 Å². The summed E-state index contributed by atoms with van der Waals surface area (Å²) in [5, 5.41) is 2.45. The predicted octanol–water partition coefficient (Wildman–Crippen LogP) is 1.77. The van der Waals surface area contributed by atoms with Gasteiger partial charge in [-0.25, -0.2) is 25.6 Å². The van der Waals surface area contributed by atoms with Gasteiger partial charge >= 0.3 is 0 Å². The second kappa shape index (κ2) is 8.33. The summed E-state index contributed by atoms with van der Waals surface area (Å²) in [6.45, 7) is -0.698. The molecule has 0 saturated heterocycles. The van der Waals surface area contributed by atoms with Crippen LogP contribution in [0.2, 0.25) is 0 Å². The number of hydrogen-bond donors (Lipinski definition) is 1. The van der Waals surface area contributed by atoms with Crippen molar-refractivity contribution in [1.82, 2.24) is 0 Å². The lowest BCUT2D eigenvalue weighted by atomic mass is 10.2. The maximum Gasteiger partial charge on any atom is 0.245 e. The highest BCUT2D eigenvalue weighted by molar-refractivity contribution is 7.92. The van der Waals surface area contributed by atoms with Crippen molar-refractivity contribution in [2.45, 2.75) is 0 Å². The summed E-state index contributed by atoms with van der Waals surface area (Å²) >= 11 is 0. The van der Waals surface area contributed by atoms with Crippen LogP contribution in [0.5, 0.6) is 0 Å². The van der Waals surface area contributed by atoms with Crippen molar-refractivity contribution in [3.8, 4) is 0 Å². The van der Waals surface area contributed by atoms with Gasteiger partial charge in [0.1, 0.15) is 6.54 Å². The van der Waals surface area contributed by atoms with Crippen LogP contribution in [-0.4, -0.2) is 48.8 Å². The van der Waals surface area contributed by atoms with Crippen LogP contribution in [0.25, 0.3) is 0 Å². The third-order valence-electron chi connectivity index (χ3n) is 3.87. The van der Waals surface area contributed by atoms with Gasteiger partial charge in [-0.15, -0.1) is 0 Å². The molecule has 0 saturated carbocycles. The zero-order chi connectivity index (χ0) is 22.0. The lowest BCUT2D eigenvalue weighted by Crippen LogP contribution is -2.37. The van der Waals surface area contributed by atoms with E-state index in [-0.39, 0.29) is 17.1 Å². The fourth-order valence-corrected chi connectivity index (χ4v) is 3.69. The van der Waals surface area contributed by atoms with Gasteiger partial charge in [0.05, 0.1) is 23.9 Å². The Morgan fingerprint density at radius 1 is 0.931 bits per heavy atom. The number of nitrogens with one attached hydrogen (secondary N) is 1. The van der Waals surface area contributed by atoms with Gasteiger partial charge in [-0.3, -0.25) is 13.4 Å². The molecule has 8 nitrogen and oxygen atoms in total. The largest absolute Gasteiger partial charge is 0.324 e. The molecule has 2 aromatic rings. The highest BCUT2D eigenvalue weighted by Gasteiger charge is 2.22. The molecule has 0 heterocycles. The number of sulfonamides is 2. The van der Waals surface area contributed by atoms with E-state index < -0.39 is 44.1 Å². The fraction of sp³-hybridized carbons (Fsp3) is 0.235. The Bertz CT molecular complexity index is 1140. The van der Waals surface area contributed by atoms with E-state index in [4.69, 9.17) is 0 Å². The lowest BCUT2D eigenvalue weighted by molar-refractivity contribution is -0.114. The van der Waals surface area contributed by atoms with Gasteiger partial charge in [0.2, 0.25) is 26.0 Å². The van der Waals surface area contributed by atoms with Gasteiger partial charge in [-0.05, 0) is 30.3 Å². The van der Waals surface area contributed by atoms with Gasteiger partial charge in [-0.1, -0.05) is 6.07 Å². The highest BCUT2D eigenvalue weighted by atomic mass is 32.2. The van der Waals surface area contributed by atoms with Crippen molar-refractivity contribution in [2.75, 3.05) is 40.0 Å². The molecule has 2 aromatic carbocycles. The molecular weight excluding hydrogens is 428 g/mol. The molecule has 0 bridgehead atoms. The van der Waals surface area contributed by atoms with Crippen LogP contribution < -0.4 is 13.9 Å². The first-order chi connectivity index (χ1) is 13.3. The van der Waals surface area contributed by atoms with E-state index in [1.54, 1.807) is 0 Å². The van der Waals surface area contributed by atoms with E-state index in [1.165, 1.54) is 31.3 Å². The molecule has 0 radical (unpaired) electrons. The Morgan fingerprint density at radius 2 is 1.59 bits per heavy atom. The summed E-state index contributed by atoms with van der Waals surface area (Å²) in [6.07, 6.45) is 1.84. The van der Waals surface area contributed by atoms with Crippen LogP contribution in [0.4, 0.5) is 25.8 Å². The number of anilines is 3. The number of amides is 1. The zero-order valence-corrected chi connectivity index (χ0v) is 17.4. The Morgan fingerprint density at radius 3 is 2.14 bits per heavy atom. The second-order valence-corrected chi connectivity index (χ2v) is 10.1. The zero-order valence-electron chi connectivity index (χ0n) is 15.8. The minimum absolute atomic E-state index is 0.216. The number of carbonyl (C=O) groups excluding carboxylic acids is 1. The molecule has 12 heteroatoms. The van der Waals surface area contributed by atoms with Gasteiger partial charge < -0.3 is 5.32 Å². The van der Waals surface area contributed by atoms with E-state index in [0.29, 0.717) is 10.4 Å². The molecule has 1 amide bonds. The SMILES string of the molecule is CN(c1cccc(NC(=O)CN(c2ccc(F)c(F)c2)S(C)(=O)=O)c1)S(C)(=O)=O. The highest BCUT2D eigenvalue weighted by Crippen LogP contribution is 2.22. The first kappa shape index (κ1) is 22.6. The van der Waals surface area contributed by atoms with Crippen molar-refractivity contribution in [3.05, 3.63) is 54.1 Å². The van der Waals surface area contributed by atoms with E-state index in [0.717, 1.165) is 28.9 Å². The maximum absolute atomic E-state index is 13.5. The topological polar surface area (TPSA) is 104 Å². The third kappa shape index (κ3) is 5.87. The summed E-state index contributed by atoms with van der Waals surface area (Å²) in [7, 11) is -6.16. The van der Waals surface area contributed by atoms with Crippen molar-refractivity contribution in [1.29, 1.82) is 0 Å². The van der Waals surface area contributed by atoms with E-state index >= 15 is 0 Å². The Kier molecular flexibility index (Phi) is 6.48. The molecule has 0 atom stereocenters.